The highest BCUT2D eigenvalue weighted by Crippen LogP contribution is 2.30. The minimum absolute atomic E-state index is 0.00866. The summed E-state index contributed by atoms with van der Waals surface area (Å²) in [6, 6.07) is 14.4. The lowest BCUT2D eigenvalue weighted by Gasteiger charge is -2.32. The van der Waals surface area contributed by atoms with Crippen LogP contribution in [0.25, 0.3) is 10.9 Å². The molecule has 1 N–H and O–H groups in total. The SMILES string of the molecule is CC(Cc1ccccc1)(CC(F)(F)F)NC(=O)c1cnc2c(F)cccc2c1. The molecule has 0 saturated heterocycles. The van der Waals surface area contributed by atoms with Crippen LogP contribution in [0.1, 0.15) is 29.3 Å². The maximum absolute atomic E-state index is 13.7. The van der Waals surface area contributed by atoms with Crippen LogP contribution < -0.4 is 5.32 Å². The Kier molecular flexibility index (Phi) is 5.36. The molecule has 1 amide bonds. The summed E-state index contributed by atoms with van der Waals surface area (Å²) in [6.45, 7) is 1.36. The number of carbonyl (C=O) groups excluding carboxylic acids is 1. The van der Waals surface area contributed by atoms with E-state index >= 15 is 0 Å². The van der Waals surface area contributed by atoms with Crippen LogP contribution in [-0.4, -0.2) is 22.6 Å². The fourth-order valence-corrected chi connectivity index (χ4v) is 3.23. The van der Waals surface area contributed by atoms with Crippen LogP contribution in [0, 0.1) is 5.82 Å². The van der Waals surface area contributed by atoms with Gasteiger partial charge in [-0.3, -0.25) is 9.78 Å². The first-order valence-electron chi connectivity index (χ1n) is 8.63. The van der Waals surface area contributed by atoms with Crippen LogP contribution in [0.5, 0.6) is 0 Å². The molecule has 1 aromatic heterocycles. The van der Waals surface area contributed by atoms with Crippen LogP contribution in [0.15, 0.2) is 60.8 Å². The van der Waals surface area contributed by atoms with Gasteiger partial charge >= 0.3 is 6.18 Å². The number of para-hydroxylation sites is 1. The van der Waals surface area contributed by atoms with Crippen LogP contribution in [-0.2, 0) is 6.42 Å². The zero-order chi connectivity index (χ0) is 20.4. The third-order valence-corrected chi connectivity index (χ3v) is 4.37. The number of fused-ring (bicyclic) bond motifs is 1. The number of rotatable bonds is 5. The second-order valence-electron chi connectivity index (χ2n) is 7.00. The molecule has 0 spiro atoms. The van der Waals surface area contributed by atoms with E-state index in [1.807, 2.05) is 0 Å². The summed E-state index contributed by atoms with van der Waals surface area (Å²) in [6.07, 6.45) is -4.47. The van der Waals surface area contributed by atoms with Crippen LogP contribution in [0.3, 0.4) is 0 Å². The Labute approximate surface area is 159 Å². The molecule has 3 nitrogen and oxygen atoms in total. The molecule has 1 heterocycles. The van der Waals surface area contributed by atoms with E-state index in [2.05, 4.69) is 10.3 Å². The second-order valence-corrected chi connectivity index (χ2v) is 7.00. The van der Waals surface area contributed by atoms with Gasteiger partial charge in [0.05, 0.1) is 17.5 Å². The summed E-state index contributed by atoms with van der Waals surface area (Å²) in [5, 5.41) is 2.90. The molecule has 0 aliphatic carbocycles. The first-order chi connectivity index (χ1) is 13.2. The molecule has 146 valence electrons. The lowest BCUT2D eigenvalue weighted by atomic mass is 9.88. The van der Waals surface area contributed by atoms with E-state index in [0.29, 0.717) is 10.9 Å². The number of hydrogen-bond acceptors (Lipinski definition) is 2. The highest BCUT2D eigenvalue weighted by Gasteiger charge is 2.40. The number of nitrogens with one attached hydrogen (secondary N) is 1. The summed E-state index contributed by atoms with van der Waals surface area (Å²) < 4.78 is 53.2. The van der Waals surface area contributed by atoms with Crippen molar-refractivity contribution in [1.82, 2.24) is 10.3 Å². The van der Waals surface area contributed by atoms with Gasteiger partial charge in [0.15, 0.2) is 0 Å². The number of hydrogen-bond donors (Lipinski definition) is 1. The van der Waals surface area contributed by atoms with E-state index in [1.165, 1.54) is 25.1 Å². The maximum atomic E-state index is 13.7. The van der Waals surface area contributed by atoms with Gasteiger partial charge in [-0.2, -0.15) is 13.2 Å². The maximum Gasteiger partial charge on any atom is 0.391 e. The van der Waals surface area contributed by atoms with Gasteiger partial charge in [0.2, 0.25) is 0 Å². The molecule has 0 bridgehead atoms. The number of amides is 1. The third kappa shape index (κ3) is 4.85. The molecule has 0 radical (unpaired) electrons. The minimum Gasteiger partial charge on any atom is -0.346 e. The molecular weight excluding hydrogens is 372 g/mol. The summed E-state index contributed by atoms with van der Waals surface area (Å²) in [4.78, 5) is 16.6. The van der Waals surface area contributed by atoms with Gasteiger partial charge in [-0.05, 0) is 31.0 Å². The molecule has 0 aliphatic heterocycles. The highest BCUT2D eigenvalue weighted by atomic mass is 19.4. The van der Waals surface area contributed by atoms with E-state index < -0.39 is 29.9 Å². The fourth-order valence-electron chi connectivity index (χ4n) is 3.23. The van der Waals surface area contributed by atoms with Crippen LogP contribution >= 0.6 is 0 Å². The highest BCUT2D eigenvalue weighted by molar-refractivity contribution is 5.97. The number of carbonyl (C=O) groups is 1. The average molecular weight is 390 g/mol. The number of nitrogens with zero attached hydrogens (tertiary/aromatic N) is 1. The van der Waals surface area contributed by atoms with Gasteiger partial charge < -0.3 is 5.32 Å². The van der Waals surface area contributed by atoms with Gasteiger partial charge in [-0.1, -0.05) is 42.5 Å². The van der Waals surface area contributed by atoms with Crippen molar-refractivity contribution in [3.8, 4) is 0 Å². The molecule has 3 rings (SSSR count). The van der Waals surface area contributed by atoms with Crippen molar-refractivity contribution in [2.45, 2.75) is 31.5 Å². The predicted octanol–water partition coefficient (Wildman–Crippen LogP) is 5.06. The lowest BCUT2D eigenvalue weighted by Crippen LogP contribution is -2.50. The zero-order valence-electron chi connectivity index (χ0n) is 15.1. The first kappa shape index (κ1) is 19.8. The van der Waals surface area contributed by atoms with Crippen LogP contribution in [0.2, 0.25) is 0 Å². The van der Waals surface area contributed by atoms with E-state index in [4.69, 9.17) is 0 Å². The monoisotopic (exact) mass is 390 g/mol. The Morgan fingerprint density at radius 1 is 1.07 bits per heavy atom. The predicted molar refractivity (Wildman–Crippen MR) is 98.4 cm³/mol. The van der Waals surface area contributed by atoms with E-state index in [0.717, 1.165) is 6.20 Å². The standard InChI is InChI=1S/C21H18F4N2O/c1-20(13-21(23,24)25,11-14-6-3-2-4-7-14)27-19(28)16-10-15-8-5-9-17(22)18(15)26-12-16/h2-10,12H,11,13H2,1H3,(H,27,28). The topological polar surface area (TPSA) is 42.0 Å². The summed E-state index contributed by atoms with van der Waals surface area (Å²) in [5.41, 5.74) is -0.706. The Bertz CT molecular complexity index is 989. The molecule has 1 atom stereocenters. The average Bonchev–Trinajstić information content (AvgIpc) is 2.60. The van der Waals surface area contributed by atoms with Crippen LogP contribution in [0.4, 0.5) is 17.6 Å². The molecule has 28 heavy (non-hydrogen) atoms. The lowest BCUT2D eigenvalue weighted by molar-refractivity contribution is -0.147. The van der Waals surface area contributed by atoms with Crippen molar-refractivity contribution >= 4 is 16.8 Å². The van der Waals surface area contributed by atoms with Crippen molar-refractivity contribution < 1.29 is 22.4 Å². The summed E-state index contributed by atoms with van der Waals surface area (Å²) >= 11 is 0. The van der Waals surface area contributed by atoms with Crippen molar-refractivity contribution in [3.63, 3.8) is 0 Å². The molecule has 0 saturated carbocycles. The van der Waals surface area contributed by atoms with Crippen molar-refractivity contribution in [2.24, 2.45) is 0 Å². The summed E-state index contributed by atoms with van der Waals surface area (Å²) in [5.74, 6) is -1.23. The van der Waals surface area contributed by atoms with Crippen molar-refractivity contribution in [1.29, 1.82) is 0 Å². The molecule has 2 aromatic carbocycles. The molecule has 7 heteroatoms. The number of halogens is 4. The minimum atomic E-state index is -4.46. The van der Waals surface area contributed by atoms with E-state index in [9.17, 15) is 22.4 Å². The third-order valence-electron chi connectivity index (χ3n) is 4.37. The Hall–Kier alpha value is -2.96. The second kappa shape index (κ2) is 7.58. The number of aromatic nitrogens is 1. The zero-order valence-corrected chi connectivity index (χ0v) is 15.1. The Morgan fingerprint density at radius 3 is 2.46 bits per heavy atom. The number of pyridine rings is 1. The Balaban J connectivity index is 1.88. The van der Waals surface area contributed by atoms with Gasteiger partial charge in [0, 0.05) is 11.6 Å². The molecule has 3 aromatic rings. The fraction of sp³-hybridized carbons (Fsp3) is 0.238. The van der Waals surface area contributed by atoms with Gasteiger partial charge in [0.25, 0.3) is 5.91 Å². The van der Waals surface area contributed by atoms with E-state index in [-0.39, 0.29) is 17.5 Å². The largest absolute Gasteiger partial charge is 0.391 e. The van der Waals surface area contributed by atoms with Crippen molar-refractivity contribution in [3.05, 3.63) is 77.7 Å². The van der Waals surface area contributed by atoms with Crippen molar-refractivity contribution in [2.75, 3.05) is 0 Å². The first-order valence-corrected chi connectivity index (χ1v) is 8.63. The smallest absolute Gasteiger partial charge is 0.346 e. The molecule has 0 fully saturated rings. The molecule has 1 unspecified atom stereocenters. The summed E-state index contributed by atoms with van der Waals surface area (Å²) in [7, 11) is 0. The molecular formula is C21H18F4N2O. The Morgan fingerprint density at radius 2 is 1.79 bits per heavy atom. The number of benzene rings is 2. The number of alkyl halides is 3. The molecule has 0 aliphatic rings. The normalized spacial score (nSPS) is 13.9. The van der Waals surface area contributed by atoms with Gasteiger partial charge in [-0.15, -0.1) is 0 Å². The van der Waals surface area contributed by atoms with Gasteiger partial charge in [-0.25, -0.2) is 4.39 Å². The van der Waals surface area contributed by atoms with Gasteiger partial charge in [0.1, 0.15) is 11.3 Å². The quantitative estimate of drug-likeness (QED) is 0.619. The van der Waals surface area contributed by atoms with E-state index in [1.54, 1.807) is 36.4 Å².